The van der Waals surface area contributed by atoms with Crippen LogP contribution in [0.3, 0.4) is 0 Å². The highest BCUT2D eigenvalue weighted by Crippen LogP contribution is 2.27. The summed E-state index contributed by atoms with van der Waals surface area (Å²) in [6, 6.07) is 1.87. The van der Waals surface area contributed by atoms with E-state index in [2.05, 4.69) is 10.1 Å². The van der Waals surface area contributed by atoms with Gasteiger partial charge in [-0.05, 0) is 12.1 Å². The van der Waals surface area contributed by atoms with Gasteiger partial charge in [0.2, 0.25) is 0 Å². The minimum absolute atomic E-state index is 0.0170. The molecule has 9 heteroatoms. The minimum Gasteiger partial charge on any atom is -0.466 e. The topological polar surface area (TPSA) is 78.9 Å². The lowest BCUT2D eigenvalue weighted by atomic mass is 10.2. The van der Waals surface area contributed by atoms with Crippen molar-refractivity contribution in [2.24, 2.45) is 0 Å². The van der Waals surface area contributed by atoms with Crippen molar-refractivity contribution in [3.8, 4) is 0 Å². The number of halogens is 3. The molecular weight excluding hydrogens is 334 g/mol. The van der Waals surface area contributed by atoms with E-state index in [1.165, 1.54) is 4.90 Å². The molecule has 0 aromatic heterocycles. The number of β-amino-alcohol motifs (C(OH)–C–C–N with tert-alkyl or cyclic N) is 1. The van der Waals surface area contributed by atoms with Crippen molar-refractivity contribution in [1.29, 1.82) is 0 Å². The molecule has 6 nitrogen and oxygen atoms in total. The van der Waals surface area contributed by atoms with Crippen LogP contribution in [0.15, 0.2) is 23.4 Å². The molecule has 1 aliphatic heterocycles. The first-order valence-corrected chi connectivity index (χ1v) is 6.90. The van der Waals surface area contributed by atoms with E-state index in [9.17, 15) is 18.4 Å². The summed E-state index contributed by atoms with van der Waals surface area (Å²) < 4.78 is 31.8. The largest absolute Gasteiger partial charge is 0.466 e. The molecule has 1 aromatic carbocycles. The number of nitrogens with zero attached hydrogens (tertiary/aromatic N) is 1. The molecule has 2 N–H and O–H groups in total. The summed E-state index contributed by atoms with van der Waals surface area (Å²) >= 11 is 5.67. The average Bonchev–Trinajstić information content (AvgIpc) is 2.81. The third-order valence-electron chi connectivity index (χ3n) is 3.21. The highest BCUT2D eigenvalue weighted by molar-refractivity contribution is 6.30. The maximum Gasteiger partial charge on any atom is 0.337 e. The second-order valence-electron chi connectivity index (χ2n) is 4.67. The monoisotopic (exact) mass is 346 g/mol. The Bertz CT molecular complexity index is 694. The van der Waals surface area contributed by atoms with Gasteiger partial charge in [-0.3, -0.25) is 4.79 Å². The molecular formula is C14H13ClF2N2O4. The zero-order valence-corrected chi connectivity index (χ0v) is 12.8. The first kappa shape index (κ1) is 17.2. The van der Waals surface area contributed by atoms with Crippen molar-refractivity contribution < 1.29 is 28.2 Å². The number of carbonyl (C=O) groups is 2. The zero-order valence-electron chi connectivity index (χ0n) is 12.0. The van der Waals surface area contributed by atoms with Crippen LogP contribution in [-0.2, 0) is 14.3 Å². The second kappa shape index (κ2) is 6.93. The van der Waals surface area contributed by atoms with Crippen molar-refractivity contribution in [3.63, 3.8) is 0 Å². The number of aliphatic hydroxyl groups is 1. The van der Waals surface area contributed by atoms with Gasteiger partial charge in [0.1, 0.15) is 5.70 Å². The molecule has 124 valence electrons. The number of hydrogen-bond acceptors (Lipinski definition) is 5. The van der Waals surface area contributed by atoms with E-state index in [0.29, 0.717) is 0 Å². The number of ether oxygens (including phenoxy) is 1. The maximum atomic E-state index is 13.8. The normalized spacial score (nSPS) is 14.5. The fraction of sp³-hybridized carbons (Fsp3) is 0.286. The van der Waals surface area contributed by atoms with Gasteiger partial charge in [0.15, 0.2) is 11.6 Å². The molecule has 0 spiro atoms. The molecule has 0 fully saturated rings. The van der Waals surface area contributed by atoms with E-state index < -0.39 is 23.5 Å². The van der Waals surface area contributed by atoms with Gasteiger partial charge in [-0.1, -0.05) is 11.6 Å². The molecule has 0 atom stereocenters. The quantitative estimate of drug-likeness (QED) is 0.620. The highest BCUT2D eigenvalue weighted by atomic mass is 35.5. The second-order valence-corrected chi connectivity index (χ2v) is 5.11. The van der Waals surface area contributed by atoms with Crippen LogP contribution in [0.2, 0.25) is 5.02 Å². The molecule has 0 unspecified atom stereocenters. The fourth-order valence-corrected chi connectivity index (χ4v) is 2.34. The Labute approximate surface area is 135 Å². The van der Waals surface area contributed by atoms with Crippen LogP contribution in [0.5, 0.6) is 0 Å². The van der Waals surface area contributed by atoms with Crippen molar-refractivity contribution in [1.82, 2.24) is 4.90 Å². The Balaban J connectivity index is 2.41. The summed E-state index contributed by atoms with van der Waals surface area (Å²) in [6.07, 6.45) is 0. The molecule has 0 radical (unpaired) electrons. The number of hydrogen-bond donors (Lipinski definition) is 2. The Morgan fingerprint density at radius 2 is 2.17 bits per heavy atom. The summed E-state index contributed by atoms with van der Waals surface area (Å²) in [5.74, 6) is -3.86. The van der Waals surface area contributed by atoms with E-state index >= 15 is 0 Å². The molecule has 23 heavy (non-hydrogen) atoms. The Morgan fingerprint density at radius 1 is 1.48 bits per heavy atom. The number of anilines is 1. The first-order chi connectivity index (χ1) is 10.9. The van der Waals surface area contributed by atoms with Crippen LogP contribution in [0, 0.1) is 11.6 Å². The fourth-order valence-electron chi connectivity index (χ4n) is 2.13. The van der Waals surface area contributed by atoms with Gasteiger partial charge in [-0.15, -0.1) is 0 Å². The lowest BCUT2D eigenvalue weighted by Crippen LogP contribution is -2.31. The maximum absolute atomic E-state index is 13.8. The molecule has 1 amide bonds. The summed E-state index contributed by atoms with van der Waals surface area (Å²) in [6.45, 7) is -0.441. The van der Waals surface area contributed by atoms with Crippen LogP contribution in [0.1, 0.15) is 0 Å². The van der Waals surface area contributed by atoms with Gasteiger partial charge in [-0.2, -0.15) is 0 Å². The predicted molar refractivity (Wildman–Crippen MR) is 77.7 cm³/mol. The Morgan fingerprint density at radius 3 is 2.78 bits per heavy atom. The number of aliphatic hydroxyl groups excluding tert-OH is 1. The van der Waals surface area contributed by atoms with Crippen molar-refractivity contribution in [3.05, 3.63) is 40.1 Å². The lowest BCUT2D eigenvalue weighted by molar-refractivity contribution is -0.136. The average molecular weight is 347 g/mol. The van der Waals surface area contributed by atoms with E-state index in [4.69, 9.17) is 16.7 Å². The van der Waals surface area contributed by atoms with E-state index in [1.54, 1.807) is 0 Å². The molecule has 0 bridgehead atoms. The van der Waals surface area contributed by atoms with Crippen molar-refractivity contribution in [2.75, 3.05) is 32.1 Å². The molecule has 0 aliphatic carbocycles. The van der Waals surface area contributed by atoms with E-state index in [1.807, 2.05) is 0 Å². The van der Waals surface area contributed by atoms with Crippen LogP contribution < -0.4 is 5.32 Å². The summed E-state index contributed by atoms with van der Waals surface area (Å²) in [7, 11) is 1.13. The molecule has 1 heterocycles. The number of benzene rings is 1. The first-order valence-electron chi connectivity index (χ1n) is 6.52. The van der Waals surface area contributed by atoms with Gasteiger partial charge >= 0.3 is 5.97 Å². The minimum atomic E-state index is -1.24. The summed E-state index contributed by atoms with van der Waals surface area (Å²) in [5.41, 5.74) is -0.679. The third kappa shape index (κ3) is 3.43. The van der Waals surface area contributed by atoms with Gasteiger partial charge in [-0.25, -0.2) is 13.6 Å². The van der Waals surface area contributed by atoms with Crippen LogP contribution in [0.25, 0.3) is 0 Å². The standard InChI is InChI=1S/C14H13ClF2N2O4/c1-23-14(22)8-6-19(2-3-20)13(21)12(8)18-10-5-7(15)4-9(16)11(10)17/h4-5,18,20H,2-3,6H2,1H3. The lowest BCUT2D eigenvalue weighted by Gasteiger charge is -2.15. The van der Waals surface area contributed by atoms with E-state index in [0.717, 1.165) is 19.2 Å². The Hall–Kier alpha value is -2.19. The van der Waals surface area contributed by atoms with Gasteiger partial charge in [0.25, 0.3) is 5.91 Å². The van der Waals surface area contributed by atoms with Gasteiger partial charge in [0.05, 0.1) is 31.5 Å². The number of rotatable bonds is 5. The van der Waals surface area contributed by atoms with Crippen LogP contribution in [-0.4, -0.2) is 48.7 Å². The molecule has 1 aromatic rings. The highest BCUT2D eigenvalue weighted by Gasteiger charge is 2.35. The predicted octanol–water partition coefficient (Wildman–Crippen LogP) is 1.29. The SMILES string of the molecule is COC(=O)C1=C(Nc2cc(Cl)cc(F)c2F)C(=O)N(CCO)C1. The summed E-state index contributed by atoms with van der Waals surface area (Å²) in [5, 5.41) is 11.3. The van der Waals surface area contributed by atoms with Crippen molar-refractivity contribution >= 4 is 29.2 Å². The zero-order chi connectivity index (χ0) is 17.1. The Kier molecular flexibility index (Phi) is 5.17. The smallest absolute Gasteiger partial charge is 0.337 e. The molecule has 1 aliphatic rings. The number of carbonyl (C=O) groups excluding carboxylic acids is 2. The van der Waals surface area contributed by atoms with Crippen molar-refractivity contribution in [2.45, 2.75) is 0 Å². The summed E-state index contributed by atoms with van der Waals surface area (Å²) in [4.78, 5) is 25.2. The molecule has 0 saturated carbocycles. The molecule has 2 rings (SSSR count). The third-order valence-corrected chi connectivity index (χ3v) is 3.42. The number of nitrogens with one attached hydrogen (secondary N) is 1. The van der Waals surface area contributed by atoms with E-state index in [-0.39, 0.29) is 41.7 Å². The number of esters is 1. The van der Waals surface area contributed by atoms with Crippen LogP contribution in [0.4, 0.5) is 14.5 Å². The van der Waals surface area contributed by atoms with Gasteiger partial charge in [0, 0.05) is 11.6 Å². The molecule has 0 saturated heterocycles. The van der Waals surface area contributed by atoms with Crippen LogP contribution >= 0.6 is 11.6 Å². The van der Waals surface area contributed by atoms with Gasteiger partial charge < -0.3 is 20.1 Å². The number of amides is 1. The number of methoxy groups -OCH3 is 1.